The summed E-state index contributed by atoms with van der Waals surface area (Å²) in [5.74, 6) is -1.49. The number of anilines is 1. The highest BCUT2D eigenvalue weighted by Crippen LogP contribution is 2.33. The summed E-state index contributed by atoms with van der Waals surface area (Å²) >= 11 is 0. The number of nitrogens with zero attached hydrogens (tertiary/aromatic N) is 2. The second-order valence-corrected chi connectivity index (χ2v) is 3.09. The molecule has 0 unspecified atom stereocenters. The number of benzene rings is 1. The van der Waals surface area contributed by atoms with Crippen molar-refractivity contribution in [3.63, 3.8) is 0 Å². The summed E-state index contributed by atoms with van der Waals surface area (Å²) in [7, 11) is 0. The molecule has 0 radical (unpaired) electrons. The minimum absolute atomic E-state index is 0.383. The van der Waals surface area contributed by atoms with E-state index in [1.165, 1.54) is 12.1 Å². The molecule has 1 aromatic carbocycles. The smallest absolute Gasteiger partial charge is 0.357 e. The predicted molar refractivity (Wildman–Crippen MR) is 54.3 cm³/mol. The number of nitriles is 2. The zero-order valence-electron chi connectivity index (χ0n) is 8.72. The monoisotopic (exact) mass is 255 g/mol. The minimum Gasteiger partial charge on any atom is -0.357 e. The summed E-state index contributed by atoms with van der Waals surface area (Å²) in [5, 5.41) is 19.0. The van der Waals surface area contributed by atoms with Gasteiger partial charge in [0.1, 0.15) is 17.7 Å². The number of hydrogen-bond donors (Lipinski definition) is 1. The molecule has 0 heterocycles. The Hall–Kier alpha value is -2.54. The van der Waals surface area contributed by atoms with E-state index in [9.17, 15) is 17.6 Å². The van der Waals surface area contributed by atoms with E-state index in [1.54, 1.807) is 0 Å². The van der Waals surface area contributed by atoms with E-state index in [-0.39, 0.29) is 5.57 Å². The summed E-state index contributed by atoms with van der Waals surface area (Å²) < 4.78 is 50.6. The van der Waals surface area contributed by atoms with Gasteiger partial charge in [0, 0.05) is 6.20 Å². The number of halogens is 4. The molecule has 0 aliphatic heterocycles. The van der Waals surface area contributed by atoms with Crippen LogP contribution in [0.5, 0.6) is 0 Å². The van der Waals surface area contributed by atoms with Crippen molar-refractivity contribution < 1.29 is 17.6 Å². The average Bonchev–Trinajstić information content (AvgIpc) is 2.30. The molecule has 1 rings (SSSR count). The fraction of sp³-hybridized carbons (Fsp3) is 0.0909. The van der Waals surface area contributed by atoms with Gasteiger partial charge in [-0.25, -0.2) is 4.39 Å². The van der Waals surface area contributed by atoms with Gasteiger partial charge in [0.05, 0.1) is 11.3 Å². The lowest BCUT2D eigenvalue weighted by atomic mass is 10.1. The van der Waals surface area contributed by atoms with Gasteiger partial charge in [0.2, 0.25) is 0 Å². The van der Waals surface area contributed by atoms with Crippen molar-refractivity contribution in [1.82, 2.24) is 0 Å². The molecule has 0 aliphatic carbocycles. The molecule has 1 N–H and O–H groups in total. The summed E-state index contributed by atoms with van der Waals surface area (Å²) in [5.41, 5.74) is -2.27. The first kappa shape index (κ1) is 13.5. The first-order valence-corrected chi connectivity index (χ1v) is 4.52. The van der Waals surface area contributed by atoms with Crippen molar-refractivity contribution in [2.45, 2.75) is 6.18 Å². The summed E-state index contributed by atoms with van der Waals surface area (Å²) in [6.07, 6.45) is -3.97. The van der Waals surface area contributed by atoms with Gasteiger partial charge in [-0.1, -0.05) is 6.07 Å². The molecule has 0 spiro atoms. The van der Waals surface area contributed by atoms with E-state index in [0.717, 1.165) is 18.3 Å². The van der Waals surface area contributed by atoms with Crippen LogP contribution in [0.25, 0.3) is 0 Å². The molecule has 92 valence electrons. The zero-order chi connectivity index (χ0) is 13.8. The Morgan fingerprint density at radius 2 is 1.83 bits per heavy atom. The van der Waals surface area contributed by atoms with E-state index >= 15 is 0 Å². The fourth-order valence-corrected chi connectivity index (χ4v) is 1.10. The molecule has 0 saturated carbocycles. The minimum atomic E-state index is -4.81. The van der Waals surface area contributed by atoms with Crippen molar-refractivity contribution in [3.8, 4) is 12.1 Å². The number of alkyl halides is 3. The van der Waals surface area contributed by atoms with Crippen LogP contribution < -0.4 is 5.32 Å². The van der Waals surface area contributed by atoms with Crippen molar-refractivity contribution in [2.75, 3.05) is 5.32 Å². The molecule has 0 fully saturated rings. The van der Waals surface area contributed by atoms with Gasteiger partial charge in [-0.15, -0.1) is 0 Å². The molecule has 0 atom stereocenters. The van der Waals surface area contributed by atoms with Crippen LogP contribution in [-0.2, 0) is 6.18 Å². The summed E-state index contributed by atoms with van der Waals surface area (Å²) in [6.45, 7) is 0. The number of allylic oxidation sites excluding steroid dienone is 1. The van der Waals surface area contributed by atoms with Crippen LogP contribution in [0, 0.1) is 28.5 Å². The van der Waals surface area contributed by atoms with Crippen LogP contribution in [0.1, 0.15) is 5.56 Å². The van der Waals surface area contributed by atoms with Gasteiger partial charge in [-0.05, 0) is 12.1 Å². The zero-order valence-corrected chi connectivity index (χ0v) is 8.72. The maximum absolute atomic E-state index is 13.4. The molecular weight excluding hydrogens is 250 g/mol. The van der Waals surface area contributed by atoms with Gasteiger partial charge in [-0.2, -0.15) is 23.7 Å². The van der Waals surface area contributed by atoms with E-state index in [0.29, 0.717) is 6.07 Å². The third-order valence-corrected chi connectivity index (χ3v) is 1.92. The van der Waals surface area contributed by atoms with Crippen molar-refractivity contribution in [3.05, 3.63) is 41.4 Å². The van der Waals surface area contributed by atoms with Crippen LogP contribution in [-0.4, -0.2) is 0 Å². The maximum Gasteiger partial charge on any atom is 0.419 e. The van der Waals surface area contributed by atoms with Gasteiger partial charge >= 0.3 is 6.18 Å². The SMILES string of the molecule is N#CC(C#N)=CNc1cccc(C(F)(F)F)c1F. The molecule has 0 aliphatic rings. The Bertz CT molecular complexity index is 545. The van der Waals surface area contributed by atoms with Crippen LogP contribution in [0.15, 0.2) is 30.0 Å². The molecule has 0 saturated heterocycles. The third kappa shape index (κ3) is 2.98. The molecule has 3 nitrogen and oxygen atoms in total. The highest BCUT2D eigenvalue weighted by atomic mass is 19.4. The van der Waals surface area contributed by atoms with E-state index in [4.69, 9.17) is 10.5 Å². The second kappa shape index (κ2) is 5.19. The van der Waals surface area contributed by atoms with Crippen LogP contribution in [0.4, 0.5) is 23.2 Å². The van der Waals surface area contributed by atoms with E-state index in [1.807, 2.05) is 0 Å². The Kier molecular flexibility index (Phi) is 3.90. The lowest BCUT2D eigenvalue weighted by Crippen LogP contribution is -2.09. The molecule has 0 aromatic heterocycles. The number of hydrogen-bond acceptors (Lipinski definition) is 3. The Morgan fingerprint density at radius 3 is 2.33 bits per heavy atom. The topological polar surface area (TPSA) is 59.6 Å². The highest BCUT2D eigenvalue weighted by molar-refractivity contribution is 5.52. The largest absolute Gasteiger partial charge is 0.419 e. The molecule has 7 heteroatoms. The first-order valence-electron chi connectivity index (χ1n) is 4.52. The van der Waals surface area contributed by atoms with Crippen LogP contribution >= 0.6 is 0 Å². The van der Waals surface area contributed by atoms with Crippen molar-refractivity contribution in [2.24, 2.45) is 0 Å². The van der Waals surface area contributed by atoms with Gasteiger partial charge in [0.15, 0.2) is 5.82 Å². The molecule has 18 heavy (non-hydrogen) atoms. The normalized spacial score (nSPS) is 10.1. The second-order valence-electron chi connectivity index (χ2n) is 3.09. The fourth-order valence-electron chi connectivity index (χ4n) is 1.10. The molecule has 0 bridgehead atoms. The van der Waals surface area contributed by atoms with Gasteiger partial charge in [-0.3, -0.25) is 0 Å². The van der Waals surface area contributed by atoms with E-state index < -0.39 is 23.2 Å². The predicted octanol–water partition coefficient (Wildman–Crippen LogP) is 3.19. The molecule has 1 aromatic rings. The number of rotatable bonds is 2. The van der Waals surface area contributed by atoms with Gasteiger partial charge in [0.25, 0.3) is 0 Å². The number of nitrogens with one attached hydrogen (secondary N) is 1. The maximum atomic E-state index is 13.4. The summed E-state index contributed by atoms with van der Waals surface area (Å²) in [6, 6.07) is 5.63. The third-order valence-electron chi connectivity index (χ3n) is 1.92. The lowest BCUT2D eigenvalue weighted by molar-refractivity contribution is -0.139. The Morgan fingerprint density at radius 1 is 1.22 bits per heavy atom. The van der Waals surface area contributed by atoms with E-state index in [2.05, 4.69) is 5.32 Å². The summed E-state index contributed by atoms with van der Waals surface area (Å²) in [4.78, 5) is 0. The molecule has 0 amide bonds. The lowest BCUT2D eigenvalue weighted by Gasteiger charge is -2.10. The van der Waals surface area contributed by atoms with Crippen LogP contribution in [0.3, 0.4) is 0 Å². The van der Waals surface area contributed by atoms with Gasteiger partial charge < -0.3 is 5.32 Å². The molecular formula is C11H5F4N3. The first-order chi connectivity index (χ1) is 8.40. The van der Waals surface area contributed by atoms with Crippen molar-refractivity contribution in [1.29, 1.82) is 10.5 Å². The quantitative estimate of drug-likeness (QED) is 0.652. The standard InChI is InChI=1S/C11H5F4N3/c12-10-8(11(13,14)15)2-1-3-9(10)18-6-7(4-16)5-17/h1-3,6,18H. The highest BCUT2D eigenvalue weighted by Gasteiger charge is 2.34. The van der Waals surface area contributed by atoms with Crippen molar-refractivity contribution >= 4 is 5.69 Å². The Labute approximate surface area is 99.6 Å². The Balaban J connectivity index is 3.11. The average molecular weight is 255 g/mol. The van der Waals surface area contributed by atoms with Crippen LogP contribution in [0.2, 0.25) is 0 Å².